The largest absolute Gasteiger partial charge is 0.479 e. The molecule has 0 saturated carbocycles. The number of carboxylic acids is 1. The second-order valence-electron chi connectivity index (χ2n) is 3.94. The van der Waals surface area contributed by atoms with Crippen molar-refractivity contribution in [2.24, 2.45) is 0 Å². The maximum Gasteiger partial charge on any atom is 0.332 e. The molecule has 16 heavy (non-hydrogen) atoms. The summed E-state index contributed by atoms with van der Waals surface area (Å²) in [5, 5.41) is 17.5. The van der Waals surface area contributed by atoms with Crippen molar-refractivity contribution in [2.45, 2.75) is 38.2 Å². The predicted molar refractivity (Wildman–Crippen MR) is 62.3 cm³/mol. The third-order valence-corrected chi connectivity index (χ3v) is 2.57. The molecule has 0 heterocycles. The van der Waals surface area contributed by atoms with Gasteiger partial charge in [-0.3, -0.25) is 0 Å². The Balaban J connectivity index is 2.07. The second kappa shape index (κ2) is 7.01. The summed E-state index contributed by atoms with van der Waals surface area (Å²) in [4.78, 5) is 10.3. The molecule has 0 amide bonds. The van der Waals surface area contributed by atoms with E-state index < -0.39 is 12.1 Å². The van der Waals surface area contributed by atoms with Crippen LogP contribution in [0.15, 0.2) is 30.3 Å². The molecule has 1 rings (SSSR count). The van der Waals surface area contributed by atoms with Crippen molar-refractivity contribution in [3.8, 4) is 0 Å². The smallest absolute Gasteiger partial charge is 0.332 e. The van der Waals surface area contributed by atoms with E-state index in [2.05, 4.69) is 12.1 Å². The minimum absolute atomic E-state index is 0.351. The van der Waals surface area contributed by atoms with Gasteiger partial charge in [-0.1, -0.05) is 43.2 Å². The number of rotatable bonds is 7. The zero-order valence-corrected chi connectivity index (χ0v) is 9.30. The summed E-state index contributed by atoms with van der Waals surface area (Å²) in [5.41, 5.74) is 1.31. The number of aryl methyl sites for hydroxylation is 1. The quantitative estimate of drug-likeness (QED) is 0.695. The lowest BCUT2D eigenvalue weighted by Gasteiger charge is -2.05. The zero-order chi connectivity index (χ0) is 11.8. The number of hydrogen-bond acceptors (Lipinski definition) is 2. The maximum atomic E-state index is 10.3. The molecule has 0 aliphatic rings. The van der Waals surface area contributed by atoms with Crippen molar-refractivity contribution in [1.29, 1.82) is 0 Å². The molecule has 0 fully saturated rings. The summed E-state index contributed by atoms with van der Waals surface area (Å²) in [6.45, 7) is 0. The van der Waals surface area contributed by atoms with Crippen LogP contribution < -0.4 is 0 Å². The van der Waals surface area contributed by atoms with Crippen LogP contribution >= 0.6 is 0 Å². The van der Waals surface area contributed by atoms with E-state index >= 15 is 0 Å². The second-order valence-corrected chi connectivity index (χ2v) is 3.94. The summed E-state index contributed by atoms with van der Waals surface area (Å²) in [7, 11) is 0. The van der Waals surface area contributed by atoms with E-state index in [1.165, 1.54) is 5.56 Å². The first-order valence-electron chi connectivity index (χ1n) is 5.65. The van der Waals surface area contributed by atoms with Crippen LogP contribution in [0.1, 0.15) is 31.2 Å². The van der Waals surface area contributed by atoms with E-state index in [1.807, 2.05) is 18.2 Å². The maximum absolute atomic E-state index is 10.3. The molecule has 1 atom stereocenters. The van der Waals surface area contributed by atoms with Gasteiger partial charge in [-0.05, 0) is 24.8 Å². The topological polar surface area (TPSA) is 57.5 Å². The summed E-state index contributed by atoms with van der Waals surface area (Å²) in [5.74, 6) is -1.12. The third-order valence-electron chi connectivity index (χ3n) is 2.57. The number of aliphatic hydroxyl groups excluding tert-OH is 1. The Morgan fingerprint density at radius 3 is 2.44 bits per heavy atom. The van der Waals surface area contributed by atoms with Gasteiger partial charge in [0.2, 0.25) is 0 Å². The van der Waals surface area contributed by atoms with Gasteiger partial charge in [-0.15, -0.1) is 0 Å². The van der Waals surface area contributed by atoms with Crippen LogP contribution in [0.25, 0.3) is 0 Å². The lowest BCUT2D eigenvalue weighted by molar-refractivity contribution is -0.146. The van der Waals surface area contributed by atoms with Crippen LogP contribution in [0, 0.1) is 0 Å². The van der Waals surface area contributed by atoms with Gasteiger partial charge < -0.3 is 10.2 Å². The van der Waals surface area contributed by atoms with Crippen LogP contribution in [-0.2, 0) is 11.2 Å². The first-order chi connectivity index (χ1) is 7.70. The highest BCUT2D eigenvalue weighted by atomic mass is 16.4. The average Bonchev–Trinajstić information content (AvgIpc) is 2.29. The Hall–Kier alpha value is -1.35. The van der Waals surface area contributed by atoms with Gasteiger partial charge in [0.05, 0.1) is 0 Å². The van der Waals surface area contributed by atoms with Gasteiger partial charge in [0.25, 0.3) is 0 Å². The first-order valence-corrected chi connectivity index (χ1v) is 5.65. The summed E-state index contributed by atoms with van der Waals surface area (Å²) in [6, 6.07) is 10.2. The SMILES string of the molecule is O=C(O)[C@@H](O)CCCCCc1ccccc1. The molecule has 0 saturated heterocycles. The highest BCUT2D eigenvalue weighted by Crippen LogP contribution is 2.08. The fourth-order valence-corrected chi connectivity index (χ4v) is 1.61. The van der Waals surface area contributed by atoms with E-state index in [4.69, 9.17) is 10.2 Å². The Labute approximate surface area is 95.7 Å². The van der Waals surface area contributed by atoms with Crippen molar-refractivity contribution in [1.82, 2.24) is 0 Å². The molecule has 0 aliphatic carbocycles. The molecule has 0 unspecified atom stereocenters. The molecule has 0 bridgehead atoms. The monoisotopic (exact) mass is 222 g/mol. The van der Waals surface area contributed by atoms with E-state index in [-0.39, 0.29) is 0 Å². The summed E-state index contributed by atoms with van der Waals surface area (Å²) in [6.07, 6.45) is 2.93. The highest BCUT2D eigenvalue weighted by molar-refractivity contribution is 5.71. The van der Waals surface area contributed by atoms with Gasteiger partial charge in [0.15, 0.2) is 6.10 Å². The van der Waals surface area contributed by atoms with E-state index in [0.29, 0.717) is 6.42 Å². The lowest BCUT2D eigenvalue weighted by atomic mass is 10.0. The summed E-state index contributed by atoms with van der Waals surface area (Å²) >= 11 is 0. The number of carbonyl (C=O) groups is 1. The number of aliphatic hydroxyl groups is 1. The molecule has 3 nitrogen and oxygen atoms in total. The fourth-order valence-electron chi connectivity index (χ4n) is 1.61. The molecule has 88 valence electrons. The Morgan fingerprint density at radius 1 is 1.12 bits per heavy atom. The molecular formula is C13H18O3. The van der Waals surface area contributed by atoms with Crippen molar-refractivity contribution < 1.29 is 15.0 Å². The molecule has 1 aromatic rings. The molecule has 2 N–H and O–H groups in total. The zero-order valence-electron chi connectivity index (χ0n) is 9.30. The lowest BCUT2D eigenvalue weighted by Crippen LogP contribution is -2.18. The molecular weight excluding hydrogens is 204 g/mol. The predicted octanol–water partition coefficient (Wildman–Crippen LogP) is 2.24. The summed E-state index contributed by atoms with van der Waals surface area (Å²) < 4.78 is 0. The molecule has 0 radical (unpaired) electrons. The van der Waals surface area contributed by atoms with Crippen molar-refractivity contribution >= 4 is 5.97 Å². The highest BCUT2D eigenvalue weighted by Gasteiger charge is 2.11. The van der Waals surface area contributed by atoms with Crippen LogP contribution in [0.5, 0.6) is 0 Å². The molecule has 1 aromatic carbocycles. The first kappa shape index (κ1) is 12.7. The van der Waals surface area contributed by atoms with E-state index in [0.717, 1.165) is 25.7 Å². The number of hydrogen-bond donors (Lipinski definition) is 2. The number of unbranched alkanes of at least 4 members (excludes halogenated alkanes) is 2. The minimum atomic E-state index is -1.20. The Bertz CT molecular complexity index is 308. The molecule has 0 spiro atoms. The number of benzene rings is 1. The third kappa shape index (κ3) is 4.94. The standard InChI is InChI=1S/C13H18O3/c14-12(13(15)16)10-6-2-5-9-11-7-3-1-4-8-11/h1,3-4,7-8,12,14H,2,5-6,9-10H2,(H,15,16)/t12-/m0/s1. The normalized spacial score (nSPS) is 12.3. The Kier molecular flexibility index (Phi) is 5.57. The van der Waals surface area contributed by atoms with Crippen molar-refractivity contribution in [3.05, 3.63) is 35.9 Å². The van der Waals surface area contributed by atoms with Gasteiger partial charge in [0, 0.05) is 0 Å². The van der Waals surface area contributed by atoms with Crippen molar-refractivity contribution in [3.63, 3.8) is 0 Å². The number of carboxylic acid groups (broad SMARTS) is 1. The van der Waals surface area contributed by atoms with E-state index in [9.17, 15) is 4.79 Å². The Morgan fingerprint density at radius 2 is 1.81 bits per heavy atom. The minimum Gasteiger partial charge on any atom is -0.479 e. The molecule has 0 aromatic heterocycles. The van der Waals surface area contributed by atoms with Gasteiger partial charge in [0.1, 0.15) is 0 Å². The fraction of sp³-hybridized carbons (Fsp3) is 0.462. The van der Waals surface area contributed by atoms with Crippen LogP contribution in [0.4, 0.5) is 0 Å². The van der Waals surface area contributed by atoms with Crippen LogP contribution in [0.3, 0.4) is 0 Å². The average molecular weight is 222 g/mol. The van der Waals surface area contributed by atoms with E-state index in [1.54, 1.807) is 0 Å². The number of aliphatic carboxylic acids is 1. The molecule has 3 heteroatoms. The van der Waals surface area contributed by atoms with Crippen molar-refractivity contribution in [2.75, 3.05) is 0 Å². The van der Waals surface area contributed by atoms with Gasteiger partial charge >= 0.3 is 5.97 Å². The van der Waals surface area contributed by atoms with Crippen LogP contribution in [0.2, 0.25) is 0 Å². The van der Waals surface area contributed by atoms with Gasteiger partial charge in [-0.2, -0.15) is 0 Å². The van der Waals surface area contributed by atoms with Crippen LogP contribution in [-0.4, -0.2) is 22.3 Å². The molecule has 0 aliphatic heterocycles. The van der Waals surface area contributed by atoms with Gasteiger partial charge in [-0.25, -0.2) is 4.79 Å².